The number of nitrogens with one attached hydrogen (secondary N) is 1. The minimum atomic E-state index is -2.46. The van der Waals surface area contributed by atoms with Gasteiger partial charge in [-0.3, -0.25) is 24.2 Å². The van der Waals surface area contributed by atoms with Gasteiger partial charge in [-0.1, -0.05) is 43.8 Å². The molecule has 1 saturated carbocycles. The van der Waals surface area contributed by atoms with E-state index >= 15 is 4.79 Å². The number of phenols is 1. The second-order valence-corrected chi connectivity index (χ2v) is 21.0. The summed E-state index contributed by atoms with van der Waals surface area (Å²) in [5.74, 6) is -1.77. The number of aliphatic hydroxyl groups is 2. The predicted octanol–water partition coefficient (Wildman–Crippen LogP) is 5.78. The Morgan fingerprint density at radius 1 is 0.897 bits per heavy atom. The number of benzene rings is 3. The highest BCUT2D eigenvalue weighted by Gasteiger charge is 2.81. The van der Waals surface area contributed by atoms with E-state index in [1.165, 1.54) is 40.0 Å². The van der Waals surface area contributed by atoms with Gasteiger partial charge >= 0.3 is 17.9 Å². The number of H-pyrrole nitrogens is 1. The van der Waals surface area contributed by atoms with Gasteiger partial charge in [0, 0.05) is 88.0 Å². The molecule has 3 fully saturated rings. The topological polar surface area (TPSA) is 184 Å². The molecular formula is C52H62N4O11S. The third kappa shape index (κ3) is 6.53. The van der Waals surface area contributed by atoms with E-state index in [1.54, 1.807) is 24.3 Å². The maximum Gasteiger partial charge on any atom is 0.344 e. The Kier molecular flexibility index (Phi) is 11.5. The van der Waals surface area contributed by atoms with Crippen molar-refractivity contribution in [3.05, 3.63) is 89.1 Å². The van der Waals surface area contributed by atoms with E-state index in [2.05, 4.69) is 20.9 Å². The summed E-state index contributed by atoms with van der Waals surface area (Å²) < 4.78 is 24.1. The van der Waals surface area contributed by atoms with Crippen LogP contribution in [0.5, 0.6) is 11.5 Å². The summed E-state index contributed by atoms with van der Waals surface area (Å²) in [5.41, 5.74) is -2.91. The fraction of sp³-hybridized carbons (Fsp3) is 0.519. The van der Waals surface area contributed by atoms with Gasteiger partial charge in [0.25, 0.3) is 0 Å². The van der Waals surface area contributed by atoms with Gasteiger partial charge in [-0.2, -0.15) is 0 Å². The van der Waals surface area contributed by atoms with Crippen LogP contribution in [0, 0.1) is 11.3 Å². The molecule has 1 unspecified atom stereocenters. The number of nitrogens with zero attached hydrogens (tertiary/aromatic N) is 3. The van der Waals surface area contributed by atoms with E-state index in [-0.39, 0.29) is 18.1 Å². The Morgan fingerprint density at radius 3 is 2.37 bits per heavy atom. The van der Waals surface area contributed by atoms with E-state index in [9.17, 15) is 24.9 Å². The van der Waals surface area contributed by atoms with Gasteiger partial charge in [0.2, 0.25) is 5.60 Å². The van der Waals surface area contributed by atoms with Crippen LogP contribution in [-0.4, -0.2) is 139 Å². The Labute approximate surface area is 400 Å². The number of phenolic OH excluding ortho intramolecular Hbond substituents is 1. The molecule has 0 radical (unpaired) electrons. The number of carbonyl (C=O) groups excluding carboxylic acids is 3. The molecule has 362 valence electrons. The summed E-state index contributed by atoms with van der Waals surface area (Å²) in [6, 6.07) is 15.6. The predicted molar refractivity (Wildman–Crippen MR) is 254 cm³/mol. The van der Waals surface area contributed by atoms with Crippen molar-refractivity contribution in [3.8, 4) is 11.5 Å². The van der Waals surface area contributed by atoms with Crippen molar-refractivity contribution in [2.75, 3.05) is 66.2 Å². The number of ether oxygens (including phenoxy) is 4. The van der Waals surface area contributed by atoms with Gasteiger partial charge in [0.1, 0.15) is 23.0 Å². The average molecular weight is 951 g/mol. The second-order valence-electron chi connectivity index (χ2n) is 19.9. The number of methoxy groups -OCH3 is 3. The maximum atomic E-state index is 15.7. The lowest BCUT2D eigenvalue weighted by Gasteiger charge is -2.63. The number of anilines is 1. The largest absolute Gasteiger partial charge is 0.508 e. The quantitative estimate of drug-likeness (QED) is 0.0853. The molecule has 2 bridgehead atoms. The molecular weight excluding hydrogens is 889 g/mol. The first-order valence-corrected chi connectivity index (χ1v) is 24.5. The normalized spacial score (nSPS) is 33.6. The van der Waals surface area contributed by atoms with Crippen molar-refractivity contribution in [1.82, 2.24) is 14.8 Å². The number of hydrogen-bond donors (Lipinski definition) is 4. The zero-order valence-electron chi connectivity index (χ0n) is 39.8. The second kappa shape index (κ2) is 16.8. The molecule has 6 aliphatic rings. The molecule has 16 heteroatoms. The molecule has 10 atom stereocenters. The molecule has 4 aromatic rings. The zero-order chi connectivity index (χ0) is 48.1. The third-order valence-corrected chi connectivity index (χ3v) is 17.6. The molecule has 6 heterocycles. The molecule has 1 spiro atoms. The van der Waals surface area contributed by atoms with Gasteiger partial charge in [-0.25, -0.2) is 9.86 Å². The third-order valence-electron chi connectivity index (χ3n) is 16.6. The summed E-state index contributed by atoms with van der Waals surface area (Å²) in [7, 11) is 5.67. The summed E-state index contributed by atoms with van der Waals surface area (Å²) in [5, 5.41) is 38.5. The number of aromatic amines is 1. The van der Waals surface area contributed by atoms with Crippen LogP contribution in [0.25, 0.3) is 10.9 Å². The summed E-state index contributed by atoms with van der Waals surface area (Å²) in [6.45, 7) is 8.22. The highest BCUT2D eigenvalue weighted by Crippen LogP contribution is 2.68. The zero-order valence-corrected chi connectivity index (χ0v) is 40.6. The van der Waals surface area contributed by atoms with Gasteiger partial charge in [0.05, 0.1) is 39.7 Å². The Bertz CT molecular complexity index is 2730. The lowest BCUT2D eigenvalue weighted by molar-refractivity contribution is -0.234. The molecule has 2 saturated heterocycles. The SMILES string of the molecule is CC[C@]1(O)C[C@H]2CN(CCc3c([nH]c4ccc(Sc5cccc(O)c5)cc34)[C@@](C(=O)OC)(c3cc4c(cc3OC)N(OC)[C@H]3[C@@](O)(C(=O)OC)[C@H](OC(C)=O)[C@]5(CC)C=CCN6CC[C@]43[C@@H]65)C2)C1. The van der Waals surface area contributed by atoms with Crippen LogP contribution in [0.3, 0.4) is 0 Å². The fourth-order valence-corrected chi connectivity index (χ4v) is 15.0. The summed E-state index contributed by atoms with van der Waals surface area (Å²) in [6.07, 6.45) is 5.33. The van der Waals surface area contributed by atoms with Crippen molar-refractivity contribution in [3.63, 3.8) is 0 Å². The average Bonchev–Trinajstić information content (AvgIpc) is 4.00. The first-order chi connectivity index (χ1) is 32.6. The smallest absolute Gasteiger partial charge is 0.344 e. The van der Waals surface area contributed by atoms with Crippen LogP contribution in [0.1, 0.15) is 75.3 Å². The van der Waals surface area contributed by atoms with Crippen molar-refractivity contribution < 1.29 is 53.5 Å². The molecule has 0 amide bonds. The molecule has 4 N–H and O–H groups in total. The number of hydrogen-bond acceptors (Lipinski definition) is 15. The van der Waals surface area contributed by atoms with Crippen LogP contribution in [-0.2, 0) is 50.7 Å². The monoisotopic (exact) mass is 950 g/mol. The van der Waals surface area contributed by atoms with Gasteiger partial charge in [-0.05, 0) is 105 Å². The van der Waals surface area contributed by atoms with Crippen molar-refractivity contribution in [2.24, 2.45) is 11.3 Å². The molecule has 5 aliphatic heterocycles. The van der Waals surface area contributed by atoms with Crippen LogP contribution in [0.15, 0.2) is 76.5 Å². The van der Waals surface area contributed by atoms with Gasteiger partial charge in [0.15, 0.2) is 6.10 Å². The van der Waals surface area contributed by atoms with Crippen molar-refractivity contribution >= 4 is 46.3 Å². The van der Waals surface area contributed by atoms with E-state index < -0.39 is 63.5 Å². The lowest BCUT2D eigenvalue weighted by Crippen LogP contribution is -2.81. The van der Waals surface area contributed by atoms with Crippen molar-refractivity contribution in [1.29, 1.82) is 0 Å². The van der Waals surface area contributed by atoms with Gasteiger partial charge < -0.3 is 39.3 Å². The number of piperidine rings is 1. The van der Waals surface area contributed by atoms with E-state index in [0.29, 0.717) is 87.5 Å². The van der Waals surface area contributed by atoms with Crippen molar-refractivity contribution in [2.45, 2.75) is 109 Å². The number of carbonyl (C=O) groups is 3. The number of aromatic hydroxyl groups is 1. The first-order valence-electron chi connectivity index (χ1n) is 23.7. The lowest BCUT2D eigenvalue weighted by atomic mass is 9.47. The number of rotatable bonds is 10. The Hall–Kier alpha value is -5.10. The van der Waals surface area contributed by atoms with E-state index in [0.717, 1.165) is 31.8 Å². The minimum absolute atomic E-state index is 0.176. The highest BCUT2D eigenvalue weighted by atomic mass is 32.2. The Morgan fingerprint density at radius 2 is 1.68 bits per heavy atom. The molecule has 15 nitrogen and oxygen atoms in total. The molecule has 1 aliphatic carbocycles. The Balaban J connectivity index is 1.27. The number of hydroxylamine groups is 1. The van der Waals surface area contributed by atoms with Crippen LogP contribution in [0.2, 0.25) is 0 Å². The van der Waals surface area contributed by atoms with E-state index in [1.807, 2.05) is 62.4 Å². The van der Waals surface area contributed by atoms with Crippen LogP contribution >= 0.6 is 11.8 Å². The number of esters is 3. The van der Waals surface area contributed by atoms with Gasteiger partial charge in [-0.15, -0.1) is 0 Å². The molecule has 3 aromatic carbocycles. The molecule has 10 rings (SSSR count). The van der Waals surface area contributed by atoms with Crippen LogP contribution < -0.4 is 9.80 Å². The molecule has 1 aromatic heterocycles. The number of fused-ring (bicyclic) bond motifs is 6. The molecule has 68 heavy (non-hydrogen) atoms. The minimum Gasteiger partial charge on any atom is -0.508 e. The fourth-order valence-electron chi connectivity index (χ4n) is 14.1. The summed E-state index contributed by atoms with van der Waals surface area (Å²) >= 11 is 1.53. The standard InChI is InChI=1S/C52H62N4O11S/c1-8-48(61)26-31-27-51(46(59)64-5,42-35(16-20-54(28-31)29-48)36-23-34(14-15-39(36)53-42)68-33-13-10-12-32(58)22-33)38-24-37-40(25-41(38)63-4)56(66-7)44-50(37)18-21-55-19-11-17-49(9-2,43(50)55)45(67-30(3)57)52(44,62)47(60)65-6/h10-15,17,22-25,31,43-45,53,58,61-62H,8-9,16,18-21,26-29H2,1-7H3/t31-,43+,44-,45-,48+,49-,50-,51+,52+/m1/s1. The summed E-state index contributed by atoms with van der Waals surface area (Å²) in [4.78, 5) is 60.0. The highest BCUT2D eigenvalue weighted by molar-refractivity contribution is 7.99. The van der Waals surface area contributed by atoms with Crippen LogP contribution in [0.4, 0.5) is 5.69 Å². The first kappa shape index (κ1) is 46.6. The van der Waals surface area contributed by atoms with E-state index in [4.69, 9.17) is 23.8 Å². The maximum absolute atomic E-state index is 15.7. The number of aromatic nitrogens is 1.